The van der Waals surface area contributed by atoms with Crippen LogP contribution in [0.2, 0.25) is 0 Å². The number of nitrogens with one attached hydrogen (secondary N) is 2. The summed E-state index contributed by atoms with van der Waals surface area (Å²) in [7, 11) is 1.17. The van der Waals surface area contributed by atoms with Crippen LogP contribution in [0.25, 0.3) is 0 Å². The fraction of sp³-hybridized carbons (Fsp3) is 0.478. The lowest BCUT2D eigenvalue weighted by Gasteiger charge is -2.30. The predicted molar refractivity (Wildman–Crippen MR) is 120 cm³/mol. The van der Waals surface area contributed by atoms with Gasteiger partial charge in [-0.2, -0.15) is 0 Å². The van der Waals surface area contributed by atoms with E-state index in [1.54, 1.807) is 46.8 Å². The maximum absolute atomic E-state index is 13.2. The summed E-state index contributed by atoms with van der Waals surface area (Å²) in [4.78, 5) is 50.7. The molecule has 0 aliphatic carbocycles. The summed E-state index contributed by atoms with van der Waals surface area (Å²) in [5.41, 5.74) is 1.04. The highest BCUT2D eigenvalue weighted by Crippen LogP contribution is 2.26. The molecule has 3 N–H and O–H groups in total. The molecule has 3 amide bonds. The molecule has 0 spiro atoms. The van der Waals surface area contributed by atoms with Crippen molar-refractivity contribution < 1.29 is 33.8 Å². The van der Waals surface area contributed by atoms with Gasteiger partial charge in [-0.1, -0.05) is 30.2 Å². The average Bonchev–Trinajstić information content (AvgIpc) is 2.73. The first-order valence-electron chi connectivity index (χ1n) is 10.2. The van der Waals surface area contributed by atoms with E-state index >= 15 is 0 Å². The number of aryl methyl sites for hydroxylation is 2. The van der Waals surface area contributed by atoms with E-state index in [0.29, 0.717) is 11.1 Å². The van der Waals surface area contributed by atoms with Gasteiger partial charge in [0.2, 0.25) is 5.91 Å². The number of methoxy groups -OCH3 is 1. The monoisotopic (exact) mass is 461 g/mol. The zero-order chi connectivity index (χ0) is 25.3. The van der Waals surface area contributed by atoms with Crippen molar-refractivity contribution in [3.63, 3.8) is 0 Å². The van der Waals surface area contributed by atoms with E-state index < -0.39 is 54.7 Å². The van der Waals surface area contributed by atoms with Gasteiger partial charge >= 0.3 is 12.1 Å². The number of benzene rings is 1. The second-order valence-electron chi connectivity index (χ2n) is 8.28. The number of ether oxygens (including phenoxy) is 2. The summed E-state index contributed by atoms with van der Waals surface area (Å²) in [6.45, 7) is 7.21. The zero-order valence-electron chi connectivity index (χ0n) is 19.7. The normalized spacial score (nSPS) is 12.5. The van der Waals surface area contributed by atoms with Crippen molar-refractivity contribution in [2.24, 2.45) is 0 Å². The van der Waals surface area contributed by atoms with Crippen molar-refractivity contribution in [3.8, 4) is 12.5 Å². The van der Waals surface area contributed by atoms with Crippen LogP contribution < -0.4 is 10.6 Å². The SMILES string of the molecule is C#CN(C(=O)C(CO)NC(=O)OC(C)(C)C)C(C(=O)NCC(=O)OC)c1cc(C)ccc1C. The molecule has 2 unspecified atom stereocenters. The van der Waals surface area contributed by atoms with Gasteiger partial charge in [0.05, 0.1) is 13.7 Å². The van der Waals surface area contributed by atoms with Gasteiger partial charge in [-0.3, -0.25) is 19.3 Å². The Bertz CT molecular complexity index is 931. The molecule has 0 heterocycles. The summed E-state index contributed by atoms with van der Waals surface area (Å²) < 4.78 is 9.66. The number of esters is 1. The first kappa shape index (κ1) is 27.5. The lowest BCUT2D eigenvalue weighted by atomic mass is 9.96. The van der Waals surface area contributed by atoms with E-state index in [1.165, 1.54) is 7.11 Å². The first-order valence-corrected chi connectivity index (χ1v) is 10.2. The van der Waals surface area contributed by atoms with Crippen LogP contribution in [0.1, 0.15) is 43.5 Å². The van der Waals surface area contributed by atoms with E-state index in [4.69, 9.17) is 11.2 Å². The molecule has 0 radical (unpaired) electrons. The van der Waals surface area contributed by atoms with Gasteiger partial charge in [-0.05, 0) is 45.7 Å². The highest BCUT2D eigenvalue weighted by Gasteiger charge is 2.36. The number of terminal acetylenes is 1. The number of hydrogen-bond donors (Lipinski definition) is 3. The van der Waals surface area contributed by atoms with E-state index in [9.17, 15) is 24.3 Å². The molecular weight excluding hydrogens is 430 g/mol. The van der Waals surface area contributed by atoms with Crippen LogP contribution in [-0.2, 0) is 23.9 Å². The van der Waals surface area contributed by atoms with Crippen LogP contribution in [0.3, 0.4) is 0 Å². The fourth-order valence-electron chi connectivity index (χ4n) is 2.85. The Kier molecular flexibility index (Phi) is 9.88. The van der Waals surface area contributed by atoms with Gasteiger partial charge in [-0.25, -0.2) is 4.79 Å². The number of carbonyl (C=O) groups excluding carboxylic acids is 4. The van der Waals surface area contributed by atoms with E-state index in [0.717, 1.165) is 10.5 Å². The minimum Gasteiger partial charge on any atom is -0.468 e. The van der Waals surface area contributed by atoms with Crippen LogP contribution in [0.5, 0.6) is 0 Å². The molecule has 0 bridgehead atoms. The topological polar surface area (TPSA) is 134 Å². The standard InChI is InChI=1S/C23H31N3O7/c1-8-26(21(30)17(13-27)25-22(31)33-23(4,5)6)19(20(29)24-12-18(28)32-7)16-11-14(2)9-10-15(16)3/h1,9-11,17,19,27H,12-13H2,2-7H3,(H,24,29)(H,25,31). The second-order valence-corrected chi connectivity index (χ2v) is 8.28. The van der Waals surface area contributed by atoms with Gasteiger partial charge in [-0.15, -0.1) is 0 Å². The molecule has 1 aromatic carbocycles. The van der Waals surface area contributed by atoms with E-state index in [-0.39, 0.29) is 0 Å². The Hall–Kier alpha value is -3.58. The summed E-state index contributed by atoms with van der Waals surface area (Å²) in [5, 5.41) is 14.4. The van der Waals surface area contributed by atoms with Crippen LogP contribution in [-0.4, -0.2) is 65.8 Å². The summed E-state index contributed by atoms with van der Waals surface area (Å²) in [5.74, 6) is -2.35. The first-order chi connectivity index (χ1) is 15.3. The van der Waals surface area contributed by atoms with Crippen molar-refractivity contribution in [2.75, 3.05) is 20.3 Å². The zero-order valence-corrected chi connectivity index (χ0v) is 19.7. The Labute approximate surface area is 193 Å². The number of aliphatic hydroxyl groups excluding tert-OH is 1. The Morgan fingerprint density at radius 1 is 1.21 bits per heavy atom. The Morgan fingerprint density at radius 3 is 2.36 bits per heavy atom. The minimum absolute atomic E-state index is 0.414. The largest absolute Gasteiger partial charge is 0.468 e. The van der Waals surface area contributed by atoms with Gasteiger partial charge in [0, 0.05) is 6.04 Å². The van der Waals surface area contributed by atoms with Crippen LogP contribution >= 0.6 is 0 Å². The van der Waals surface area contributed by atoms with Crippen molar-refractivity contribution >= 4 is 23.9 Å². The lowest BCUT2D eigenvalue weighted by molar-refractivity contribution is -0.143. The number of rotatable bonds is 8. The third-order valence-corrected chi connectivity index (χ3v) is 4.42. The Morgan fingerprint density at radius 2 is 1.85 bits per heavy atom. The van der Waals surface area contributed by atoms with Gasteiger partial charge in [0.1, 0.15) is 24.2 Å². The summed E-state index contributed by atoms with van der Waals surface area (Å²) >= 11 is 0. The molecule has 2 atom stereocenters. The third kappa shape index (κ3) is 8.12. The minimum atomic E-state index is -1.48. The van der Waals surface area contributed by atoms with Crippen molar-refractivity contribution in [1.29, 1.82) is 0 Å². The van der Waals surface area contributed by atoms with E-state index in [1.807, 2.05) is 6.07 Å². The molecule has 0 aromatic heterocycles. The molecule has 10 nitrogen and oxygen atoms in total. The lowest BCUT2D eigenvalue weighted by Crippen LogP contribution is -2.53. The highest BCUT2D eigenvalue weighted by molar-refractivity contribution is 5.94. The number of alkyl carbamates (subject to hydrolysis) is 1. The van der Waals surface area contributed by atoms with Crippen molar-refractivity contribution in [1.82, 2.24) is 15.5 Å². The molecule has 1 rings (SSSR count). The van der Waals surface area contributed by atoms with Crippen LogP contribution in [0.4, 0.5) is 4.79 Å². The Balaban J connectivity index is 3.34. The van der Waals surface area contributed by atoms with Gasteiger partial charge < -0.3 is 25.2 Å². The number of amides is 3. The molecule has 0 saturated carbocycles. The van der Waals surface area contributed by atoms with Crippen molar-refractivity contribution in [3.05, 3.63) is 34.9 Å². The van der Waals surface area contributed by atoms with Crippen LogP contribution in [0, 0.1) is 26.3 Å². The third-order valence-electron chi connectivity index (χ3n) is 4.42. The maximum atomic E-state index is 13.2. The number of carbonyl (C=O) groups is 4. The highest BCUT2D eigenvalue weighted by atomic mass is 16.6. The molecule has 0 aliphatic heterocycles. The summed E-state index contributed by atoms with van der Waals surface area (Å²) in [6.07, 6.45) is 4.66. The van der Waals surface area contributed by atoms with Crippen molar-refractivity contribution in [2.45, 2.75) is 52.3 Å². The molecule has 0 saturated heterocycles. The predicted octanol–water partition coefficient (Wildman–Crippen LogP) is 0.939. The van der Waals surface area contributed by atoms with Crippen LogP contribution in [0.15, 0.2) is 18.2 Å². The molecule has 1 aromatic rings. The quantitative estimate of drug-likeness (QED) is 0.298. The molecule has 0 fully saturated rings. The van der Waals surface area contributed by atoms with E-state index in [2.05, 4.69) is 21.4 Å². The number of hydrogen-bond acceptors (Lipinski definition) is 7. The maximum Gasteiger partial charge on any atom is 0.408 e. The summed E-state index contributed by atoms with van der Waals surface area (Å²) in [6, 6.07) is 4.61. The molecular formula is C23H31N3O7. The van der Waals surface area contributed by atoms with Gasteiger partial charge in [0.15, 0.2) is 0 Å². The smallest absolute Gasteiger partial charge is 0.408 e. The fourth-order valence-corrected chi connectivity index (χ4v) is 2.85. The number of aliphatic hydroxyl groups is 1. The molecule has 180 valence electrons. The average molecular weight is 462 g/mol. The molecule has 0 aliphatic rings. The van der Waals surface area contributed by atoms with Gasteiger partial charge in [0.25, 0.3) is 5.91 Å². The number of nitrogens with zero attached hydrogens (tertiary/aromatic N) is 1. The second kappa shape index (κ2) is 11.9. The molecule has 33 heavy (non-hydrogen) atoms. The molecule has 10 heteroatoms.